The number of hydrogen-bond acceptors (Lipinski definition) is 2. The molecule has 0 heterocycles. The van der Waals surface area contributed by atoms with Crippen LogP contribution < -0.4 is 10.6 Å². The van der Waals surface area contributed by atoms with E-state index in [-0.39, 0.29) is 17.9 Å². The molecule has 19 heavy (non-hydrogen) atoms. The molecule has 0 unspecified atom stereocenters. The summed E-state index contributed by atoms with van der Waals surface area (Å²) in [5, 5.41) is 5.65. The molecule has 1 rings (SSSR count). The lowest BCUT2D eigenvalue weighted by Crippen LogP contribution is -2.30. The Bertz CT molecular complexity index is 424. The highest BCUT2D eigenvalue weighted by Gasteiger charge is 2.09. The van der Waals surface area contributed by atoms with Gasteiger partial charge in [0.05, 0.1) is 0 Å². The monoisotopic (exact) mass is 262 g/mol. The summed E-state index contributed by atoms with van der Waals surface area (Å²) in [5.41, 5.74) is 1.15. The lowest BCUT2D eigenvalue weighted by atomic mass is 10.1. The van der Waals surface area contributed by atoms with Crippen LogP contribution in [0.15, 0.2) is 24.3 Å². The van der Waals surface area contributed by atoms with Gasteiger partial charge in [-0.2, -0.15) is 0 Å². The van der Waals surface area contributed by atoms with Crippen LogP contribution in [0.4, 0.5) is 0 Å². The fourth-order valence-corrected chi connectivity index (χ4v) is 1.60. The molecule has 0 saturated carbocycles. The van der Waals surface area contributed by atoms with Crippen LogP contribution >= 0.6 is 0 Å². The van der Waals surface area contributed by atoms with Crippen molar-refractivity contribution in [3.8, 4) is 0 Å². The zero-order valence-electron chi connectivity index (χ0n) is 11.8. The number of carbonyl (C=O) groups excluding carboxylic acids is 2. The van der Waals surface area contributed by atoms with Gasteiger partial charge in [-0.05, 0) is 44.5 Å². The quantitative estimate of drug-likeness (QED) is 0.773. The predicted molar refractivity (Wildman–Crippen MR) is 76.3 cm³/mol. The molecule has 104 valence electrons. The molecule has 0 saturated heterocycles. The van der Waals surface area contributed by atoms with Gasteiger partial charge in [-0.3, -0.25) is 9.59 Å². The summed E-state index contributed by atoms with van der Waals surface area (Å²) in [6.45, 7) is 6.58. The minimum absolute atomic E-state index is 0.0933. The average Bonchev–Trinajstić information content (AvgIpc) is 2.38. The molecule has 1 aromatic rings. The van der Waals surface area contributed by atoms with Gasteiger partial charge in [0.2, 0.25) is 0 Å². The maximum absolute atomic E-state index is 11.8. The summed E-state index contributed by atoms with van der Waals surface area (Å²) in [4.78, 5) is 23.5. The van der Waals surface area contributed by atoms with Crippen LogP contribution in [-0.2, 0) is 0 Å². The summed E-state index contributed by atoms with van der Waals surface area (Å²) in [6.07, 6.45) is 2.02. The van der Waals surface area contributed by atoms with E-state index in [1.807, 2.05) is 13.8 Å². The Labute approximate surface area is 114 Å². The van der Waals surface area contributed by atoms with Crippen LogP contribution in [0.5, 0.6) is 0 Å². The normalized spacial score (nSPS) is 10.3. The topological polar surface area (TPSA) is 58.2 Å². The van der Waals surface area contributed by atoms with Crippen molar-refractivity contribution >= 4 is 11.8 Å². The molecule has 0 aliphatic carbocycles. The van der Waals surface area contributed by atoms with E-state index in [9.17, 15) is 9.59 Å². The van der Waals surface area contributed by atoms with Crippen LogP contribution in [0.2, 0.25) is 0 Å². The van der Waals surface area contributed by atoms with Crippen LogP contribution in [0, 0.1) is 0 Å². The number of amides is 2. The second-order valence-electron chi connectivity index (χ2n) is 4.81. The minimum Gasteiger partial charge on any atom is -0.352 e. The summed E-state index contributed by atoms with van der Waals surface area (Å²) in [7, 11) is 0. The van der Waals surface area contributed by atoms with Crippen LogP contribution in [-0.4, -0.2) is 24.4 Å². The van der Waals surface area contributed by atoms with Crippen molar-refractivity contribution in [2.75, 3.05) is 6.54 Å². The zero-order valence-corrected chi connectivity index (χ0v) is 11.8. The van der Waals surface area contributed by atoms with E-state index in [1.165, 1.54) is 0 Å². The smallest absolute Gasteiger partial charge is 0.251 e. The molecule has 4 heteroatoms. The van der Waals surface area contributed by atoms with Crippen LogP contribution in [0.25, 0.3) is 0 Å². The summed E-state index contributed by atoms with van der Waals surface area (Å²) in [6, 6.07) is 6.80. The van der Waals surface area contributed by atoms with Crippen molar-refractivity contribution in [3.05, 3.63) is 35.4 Å². The van der Waals surface area contributed by atoms with Crippen molar-refractivity contribution in [1.29, 1.82) is 0 Å². The van der Waals surface area contributed by atoms with E-state index in [1.54, 1.807) is 24.3 Å². The number of nitrogens with one attached hydrogen (secondary N) is 2. The first-order valence-corrected chi connectivity index (χ1v) is 6.73. The summed E-state index contributed by atoms with van der Waals surface area (Å²) < 4.78 is 0. The third kappa shape index (κ3) is 5.12. The van der Waals surface area contributed by atoms with Crippen molar-refractivity contribution in [2.45, 2.75) is 39.7 Å². The van der Waals surface area contributed by atoms with Gasteiger partial charge in [-0.15, -0.1) is 0 Å². The number of hydrogen-bond donors (Lipinski definition) is 2. The highest BCUT2D eigenvalue weighted by molar-refractivity contribution is 5.97. The Balaban J connectivity index is 2.60. The van der Waals surface area contributed by atoms with E-state index in [0.717, 1.165) is 12.8 Å². The van der Waals surface area contributed by atoms with E-state index >= 15 is 0 Å². The molecular formula is C15H22N2O2. The van der Waals surface area contributed by atoms with Crippen molar-refractivity contribution in [3.63, 3.8) is 0 Å². The maximum Gasteiger partial charge on any atom is 0.251 e. The van der Waals surface area contributed by atoms with Gasteiger partial charge in [-0.1, -0.05) is 13.3 Å². The largest absolute Gasteiger partial charge is 0.352 e. The van der Waals surface area contributed by atoms with Gasteiger partial charge in [0.15, 0.2) is 0 Å². The first-order chi connectivity index (χ1) is 9.04. The molecule has 0 radical (unpaired) electrons. The number of carbonyl (C=O) groups is 2. The highest BCUT2D eigenvalue weighted by Crippen LogP contribution is 2.05. The first kappa shape index (κ1) is 15.2. The van der Waals surface area contributed by atoms with Gasteiger partial charge >= 0.3 is 0 Å². The Morgan fingerprint density at radius 3 is 2.05 bits per heavy atom. The molecule has 0 spiro atoms. The second kappa shape index (κ2) is 7.56. The molecule has 2 N–H and O–H groups in total. The van der Waals surface area contributed by atoms with E-state index in [2.05, 4.69) is 17.6 Å². The molecule has 2 amide bonds. The van der Waals surface area contributed by atoms with Gasteiger partial charge < -0.3 is 10.6 Å². The molecule has 0 aliphatic rings. The van der Waals surface area contributed by atoms with Crippen LogP contribution in [0.3, 0.4) is 0 Å². The molecule has 0 aliphatic heterocycles. The third-order valence-corrected chi connectivity index (χ3v) is 2.64. The molecule has 0 atom stereocenters. The highest BCUT2D eigenvalue weighted by atomic mass is 16.2. The Morgan fingerprint density at radius 1 is 1.05 bits per heavy atom. The number of benzene rings is 1. The Morgan fingerprint density at radius 2 is 1.58 bits per heavy atom. The Kier molecular flexibility index (Phi) is 6.06. The Hall–Kier alpha value is -1.84. The minimum atomic E-state index is -0.118. The zero-order chi connectivity index (χ0) is 14.3. The van der Waals surface area contributed by atoms with Gasteiger partial charge in [-0.25, -0.2) is 0 Å². The molecule has 0 fully saturated rings. The van der Waals surface area contributed by atoms with Gasteiger partial charge in [0.1, 0.15) is 0 Å². The van der Waals surface area contributed by atoms with Crippen molar-refractivity contribution < 1.29 is 9.59 Å². The fraction of sp³-hybridized carbons (Fsp3) is 0.467. The van der Waals surface area contributed by atoms with Gasteiger partial charge in [0, 0.05) is 23.7 Å². The number of unbranched alkanes of at least 4 members (excludes halogenated alkanes) is 1. The van der Waals surface area contributed by atoms with E-state index in [0.29, 0.717) is 17.7 Å². The average molecular weight is 262 g/mol. The molecule has 1 aromatic carbocycles. The van der Waals surface area contributed by atoms with Gasteiger partial charge in [0.25, 0.3) is 11.8 Å². The summed E-state index contributed by atoms with van der Waals surface area (Å²) >= 11 is 0. The lowest BCUT2D eigenvalue weighted by Gasteiger charge is -2.09. The standard InChI is InChI=1S/C15H22N2O2/c1-4-5-10-16-14(18)12-6-8-13(9-7-12)15(19)17-11(2)3/h6-9,11H,4-5,10H2,1-3H3,(H,16,18)(H,17,19). The van der Waals surface area contributed by atoms with Crippen molar-refractivity contribution in [2.24, 2.45) is 0 Å². The number of rotatable bonds is 6. The molecular weight excluding hydrogens is 240 g/mol. The SMILES string of the molecule is CCCCNC(=O)c1ccc(C(=O)NC(C)C)cc1. The molecule has 0 aromatic heterocycles. The fourth-order valence-electron chi connectivity index (χ4n) is 1.60. The first-order valence-electron chi connectivity index (χ1n) is 6.73. The molecule has 4 nitrogen and oxygen atoms in total. The van der Waals surface area contributed by atoms with E-state index in [4.69, 9.17) is 0 Å². The maximum atomic E-state index is 11.8. The van der Waals surface area contributed by atoms with E-state index < -0.39 is 0 Å². The molecule has 0 bridgehead atoms. The lowest BCUT2D eigenvalue weighted by molar-refractivity contribution is 0.0935. The third-order valence-electron chi connectivity index (χ3n) is 2.64. The second-order valence-corrected chi connectivity index (χ2v) is 4.81. The van der Waals surface area contributed by atoms with Crippen molar-refractivity contribution in [1.82, 2.24) is 10.6 Å². The summed E-state index contributed by atoms with van der Waals surface area (Å²) in [5.74, 6) is -0.211. The predicted octanol–water partition coefficient (Wildman–Crippen LogP) is 2.35. The van der Waals surface area contributed by atoms with Crippen LogP contribution in [0.1, 0.15) is 54.3 Å².